The van der Waals surface area contributed by atoms with Crippen molar-refractivity contribution in [3.8, 4) is 0 Å². The highest BCUT2D eigenvalue weighted by Gasteiger charge is 2.26. The zero-order valence-electron chi connectivity index (χ0n) is 14.5. The zero-order chi connectivity index (χ0) is 18.4. The molecule has 2 aromatic carbocycles. The Kier molecular flexibility index (Phi) is 3.89. The van der Waals surface area contributed by atoms with E-state index in [1.54, 1.807) is 12.1 Å². The van der Waals surface area contributed by atoms with Crippen LogP contribution in [0.25, 0.3) is 22.1 Å². The minimum atomic E-state index is -0.321. The fourth-order valence-electron chi connectivity index (χ4n) is 3.80. The maximum absolute atomic E-state index is 13.3. The maximum Gasteiger partial charge on any atom is 0.209 e. The van der Waals surface area contributed by atoms with Gasteiger partial charge in [-0.25, -0.2) is 13.8 Å². The highest BCUT2D eigenvalue weighted by Crippen LogP contribution is 2.33. The molecule has 7 heteroatoms. The lowest BCUT2D eigenvalue weighted by atomic mass is 9.91. The van der Waals surface area contributed by atoms with Crippen LogP contribution in [0.5, 0.6) is 0 Å². The molecule has 1 aliphatic rings. The largest absolute Gasteiger partial charge is 0.439 e. The van der Waals surface area contributed by atoms with E-state index in [0.29, 0.717) is 29.1 Å². The summed E-state index contributed by atoms with van der Waals surface area (Å²) >= 11 is 0. The first-order valence-corrected chi connectivity index (χ1v) is 8.98. The molecule has 0 N–H and O–H groups in total. The van der Waals surface area contributed by atoms with Crippen LogP contribution in [0.4, 0.5) is 8.78 Å². The van der Waals surface area contributed by atoms with Crippen molar-refractivity contribution < 1.29 is 17.7 Å². The third-order valence-electron chi connectivity index (χ3n) is 5.19. The second-order valence-electron chi connectivity index (χ2n) is 6.98. The Labute approximate surface area is 153 Å². The first-order chi connectivity index (χ1) is 13.2. The third-order valence-corrected chi connectivity index (χ3v) is 5.19. The van der Waals surface area contributed by atoms with E-state index in [4.69, 9.17) is 8.94 Å². The van der Waals surface area contributed by atoms with Gasteiger partial charge in [0.2, 0.25) is 5.89 Å². The molecule has 0 bridgehead atoms. The van der Waals surface area contributed by atoms with Crippen LogP contribution in [0, 0.1) is 11.6 Å². The molecule has 3 heterocycles. The van der Waals surface area contributed by atoms with E-state index in [2.05, 4.69) is 15.0 Å². The average Bonchev–Trinajstić information content (AvgIpc) is 3.25. The molecule has 1 fully saturated rings. The van der Waals surface area contributed by atoms with Crippen molar-refractivity contribution in [2.75, 3.05) is 13.1 Å². The van der Waals surface area contributed by atoms with Gasteiger partial charge in [-0.05, 0) is 50.2 Å². The quantitative estimate of drug-likeness (QED) is 0.527. The fraction of sp³-hybridized carbons (Fsp3) is 0.300. The Bertz CT molecular complexity index is 1110. The van der Waals surface area contributed by atoms with E-state index in [-0.39, 0.29) is 17.6 Å². The Hall–Kier alpha value is -2.80. The van der Waals surface area contributed by atoms with Crippen molar-refractivity contribution in [2.24, 2.45) is 0 Å². The van der Waals surface area contributed by atoms with Gasteiger partial charge in [-0.2, -0.15) is 0 Å². The summed E-state index contributed by atoms with van der Waals surface area (Å²) in [5, 5.41) is 5.06. The van der Waals surface area contributed by atoms with Crippen LogP contribution in [-0.4, -0.2) is 28.1 Å². The number of halogens is 2. The molecule has 138 valence electrons. The molecule has 0 aliphatic carbocycles. The second kappa shape index (κ2) is 6.42. The van der Waals surface area contributed by atoms with Crippen LogP contribution < -0.4 is 0 Å². The molecule has 0 amide bonds. The van der Waals surface area contributed by atoms with E-state index >= 15 is 0 Å². The van der Waals surface area contributed by atoms with Gasteiger partial charge < -0.3 is 8.94 Å². The number of hydrogen-bond acceptors (Lipinski definition) is 5. The molecule has 1 aliphatic heterocycles. The molecular formula is C20H17F2N3O2. The van der Waals surface area contributed by atoms with E-state index in [9.17, 15) is 8.78 Å². The van der Waals surface area contributed by atoms with Gasteiger partial charge in [0.05, 0.1) is 12.2 Å². The summed E-state index contributed by atoms with van der Waals surface area (Å²) in [5.74, 6) is 0.239. The van der Waals surface area contributed by atoms with Gasteiger partial charge >= 0.3 is 0 Å². The van der Waals surface area contributed by atoms with E-state index in [0.717, 1.165) is 37.0 Å². The van der Waals surface area contributed by atoms with E-state index in [1.165, 1.54) is 24.3 Å². The molecule has 27 heavy (non-hydrogen) atoms. The molecule has 5 nitrogen and oxygen atoms in total. The summed E-state index contributed by atoms with van der Waals surface area (Å²) < 4.78 is 37.6. The lowest BCUT2D eigenvalue weighted by Crippen LogP contribution is -2.32. The summed E-state index contributed by atoms with van der Waals surface area (Å²) in [6.45, 7) is 2.33. The summed E-state index contributed by atoms with van der Waals surface area (Å²) in [4.78, 5) is 6.64. The minimum Gasteiger partial charge on any atom is -0.439 e. The first kappa shape index (κ1) is 16.4. The van der Waals surface area contributed by atoms with Crippen LogP contribution in [0.2, 0.25) is 0 Å². The summed E-state index contributed by atoms with van der Waals surface area (Å²) in [5.41, 5.74) is 2.54. The molecule has 0 saturated carbocycles. The lowest BCUT2D eigenvalue weighted by Gasteiger charge is -2.30. The predicted octanol–water partition coefficient (Wildman–Crippen LogP) is 4.63. The Balaban J connectivity index is 1.27. The molecule has 5 rings (SSSR count). The minimum absolute atomic E-state index is 0.283. The lowest BCUT2D eigenvalue weighted by molar-refractivity contribution is 0.187. The Morgan fingerprint density at radius 3 is 2.63 bits per heavy atom. The van der Waals surface area contributed by atoms with E-state index < -0.39 is 0 Å². The number of rotatable bonds is 3. The molecule has 4 aromatic rings. The number of likely N-dealkylation sites (tertiary alicyclic amines) is 1. The van der Waals surface area contributed by atoms with Crippen molar-refractivity contribution in [2.45, 2.75) is 25.3 Å². The fourth-order valence-corrected chi connectivity index (χ4v) is 3.80. The SMILES string of the molecule is Fc1ccc2oc(CN3CCC(c4noc5cc(F)ccc45)CC3)nc2c1. The molecule has 0 radical (unpaired) electrons. The van der Waals surface area contributed by atoms with Crippen LogP contribution in [0.1, 0.15) is 30.3 Å². The van der Waals surface area contributed by atoms with Gasteiger partial charge in [0.25, 0.3) is 0 Å². The molecule has 0 unspecified atom stereocenters. The highest BCUT2D eigenvalue weighted by molar-refractivity contribution is 5.80. The summed E-state index contributed by atoms with van der Waals surface area (Å²) in [6.07, 6.45) is 1.85. The average molecular weight is 369 g/mol. The molecular weight excluding hydrogens is 352 g/mol. The monoisotopic (exact) mass is 369 g/mol. The van der Waals surface area contributed by atoms with Crippen molar-refractivity contribution in [1.29, 1.82) is 0 Å². The third kappa shape index (κ3) is 3.08. The number of benzene rings is 2. The summed E-state index contributed by atoms with van der Waals surface area (Å²) in [6, 6.07) is 8.90. The molecule has 0 spiro atoms. The molecule has 0 atom stereocenters. The van der Waals surface area contributed by atoms with Gasteiger partial charge in [0.1, 0.15) is 17.2 Å². The zero-order valence-corrected chi connectivity index (χ0v) is 14.5. The van der Waals surface area contributed by atoms with Crippen molar-refractivity contribution in [3.63, 3.8) is 0 Å². The van der Waals surface area contributed by atoms with Gasteiger partial charge in [-0.15, -0.1) is 0 Å². The number of oxazole rings is 1. The van der Waals surface area contributed by atoms with Crippen LogP contribution in [-0.2, 0) is 6.54 Å². The van der Waals surface area contributed by atoms with Gasteiger partial charge in [0, 0.05) is 23.4 Å². The highest BCUT2D eigenvalue weighted by atomic mass is 19.1. The Morgan fingerprint density at radius 1 is 1.00 bits per heavy atom. The van der Waals surface area contributed by atoms with Crippen LogP contribution >= 0.6 is 0 Å². The van der Waals surface area contributed by atoms with Gasteiger partial charge in [-0.1, -0.05) is 5.16 Å². The number of fused-ring (bicyclic) bond motifs is 2. The first-order valence-electron chi connectivity index (χ1n) is 8.98. The number of hydrogen-bond donors (Lipinski definition) is 0. The number of piperidine rings is 1. The van der Waals surface area contributed by atoms with Crippen molar-refractivity contribution in [3.05, 3.63) is 59.6 Å². The number of nitrogens with zero attached hydrogens (tertiary/aromatic N) is 3. The van der Waals surface area contributed by atoms with Crippen LogP contribution in [0.3, 0.4) is 0 Å². The normalized spacial score (nSPS) is 16.5. The standard InChI is InChI=1S/C20H17F2N3O2/c21-13-2-4-17-16(9-13)23-19(26-17)11-25-7-5-12(6-8-25)20-15-3-1-14(22)10-18(15)27-24-20/h1-4,9-10,12H,5-8,11H2. The molecule has 2 aromatic heterocycles. The topological polar surface area (TPSA) is 55.3 Å². The summed E-state index contributed by atoms with van der Waals surface area (Å²) in [7, 11) is 0. The predicted molar refractivity (Wildman–Crippen MR) is 95.2 cm³/mol. The van der Waals surface area contributed by atoms with Gasteiger partial charge in [-0.3, -0.25) is 4.90 Å². The maximum atomic E-state index is 13.3. The molecule has 1 saturated heterocycles. The van der Waals surface area contributed by atoms with Gasteiger partial charge in [0.15, 0.2) is 11.2 Å². The van der Waals surface area contributed by atoms with Crippen LogP contribution in [0.15, 0.2) is 45.3 Å². The Morgan fingerprint density at radius 2 is 1.78 bits per heavy atom. The number of aromatic nitrogens is 2. The smallest absolute Gasteiger partial charge is 0.209 e. The van der Waals surface area contributed by atoms with E-state index in [1.807, 2.05) is 0 Å². The second-order valence-corrected chi connectivity index (χ2v) is 6.98. The van der Waals surface area contributed by atoms with Crippen molar-refractivity contribution in [1.82, 2.24) is 15.0 Å². The van der Waals surface area contributed by atoms with Crippen molar-refractivity contribution >= 4 is 22.1 Å².